The molecule has 1 atom stereocenters. The third kappa shape index (κ3) is 2.54. The molecule has 0 radical (unpaired) electrons. The van der Waals surface area contributed by atoms with E-state index in [0.29, 0.717) is 0 Å². The van der Waals surface area contributed by atoms with Crippen LogP contribution < -0.4 is 10.6 Å². The first-order valence-electron chi connectivity index (χ1n) is 7.10. The summed E-state index contributed by atoms with van der Waals surface area (Å²) in [5.41, 5.74) is 9.79. The molecule has 1 aromatic carbocycles. The van der Waals surface area contributed by atoms with Crippen LogP contribution in [0.5, 0.6) is 0 Å². The Kier molecular flexibility index (Phi) is 3.44. The number of hydrogen-bond donors (Lipinski definition) is 1. The predicted molar refractivity (Wildman–Crippen MR) is 79.6 cm³/mol. The van der Waals surface area contributed by atoms with Gasteiger partial charge in [-0.05, 0) is 43.5 Å². The van der Waals surface area contributed by atoms with Gasteiger partial charge >= 0.3 is 0 Å². The fourth-order valence-corrected chi connectivity index (χ4v) is 2.74. The Morgan fingerprint density at radius 3 is 2.95 bits per heavy atom. The van der Waals surface area contributed by atoms with E-state index in [1.807, 2.05) is 13.3 Å². The highest BCUT2D eigenvalue weighted by Gasteiger charge is 2.18. The maximum absolute atomic E-state index is 5.89. The number of benzene rings is 1. The zero-order chi connectivity index (χ0) is 14.1. The van der Waals surface area contributed by atoms with Crippen LogP contribution in [0.1, 0.15) is 23.9 Å². The summed E-state index contributed by atoms with van der Waals surface area (Å²) in [4.78, 5) is 2.35. The Labute approximate surface area is 119 Å². The van der Waals surface area contributed by atoms with E-state index in [-0.39, 0.29) is 6.04 Å². The van der Waals surface area contributed by atoms with Crippen molar-refractivity contribution in [3.8, 4) is 0 Å². The van der Waals surface area contributed by atoms with Crippen molar-refractivity contribution in [2.24, 2.45) is 5.73 Å². The van der Waals surface area contributed by atoms with E-state index in [2.05, 4.69) is 44.8 Å². The largest absolute Gasteiger partial charge is 0.362 e. The molecule has 0 saturated heterocycles. The van der Waals surface area contributed by atoms with Crippen molar-refractivity contribution in [2.75, 3.05) is 11.4 Å². The third-order valence-electron chi connectivity index (χ3n) is 3.87. The minimum absolute atomic E-state index is 0.202. The Morgan fingerprint density at radius 1 is 1.35 bits per heavy atom. The SMILES string of the molecule is Cc1cc(N2CCn3cnnc3C2)ccc1CC(C)N. The molecule has 1 aromatic heterocycles. The Bertz CT molecular complexity index is 602. The molecule has 1 aliphatic rings. The molecule has 20 heavy (non-hydrogen) atoms. The number of nitrogens with zero attached hydrogens (tertiary/aromatic N) is 4. The van der Waals surface area contributed by atoms with Crippen molar-refractivity contribution in [1.29, 1.82) is 0 Å². The van der Waals surface area contributed by atoms with E-state index in [0.717, 1.165) is 31.9 Å². The second-order valence-electron chi connectivity index (χ2n) is 5.65. The lowest BCUT2D eigenvalue weighted by atomic mass is 10.0. The van der Waals surface area contributed by atoms with Crippen molar-refractivity contribution in [2.45, 2.75) is 39.4 Å². The van der Waals surface area contributed by atoms with E-state index in [1.54, 1.807) is 0 Å². The van der Waals surface area contributed by atoms with Crippen molar-refractivity contribution in [1.82, 2.24) is 14.8 Å². The number of hydrogen-bond acceptors (Lipinski definition) is 4. The number of nitrogens with two attached hydrogens (primary N) is 1. The molecule has 106 valence electrons. The maximum atomic E-state index is 5.89. The summed E-state index contributed by atoms with van der Waals surface area (Å²) in [5.74, 6) is 1.04. The van der Waals surface area contributed by atoms with Gasteiger partial charge in [-0.3, -0.25) is 0 Å². The average Bonchev–Trinajstić information content (AvgIpc) is 2.87. The molecule has 1 aliphatic heterocycles. The minimum atomic E-state index is 0.202. The van der Waals surface area contributed by atoms with E-state index in [1.165, 1.54) is 16.8 Å². The van der Waals surface area contributed by atoms with Crippen molar-refractivity contribution < 1.29 is 0 Å². The number of aromatic nitrogens is 3. The van der Waals surface area contributed by atoms with Crippen LogP contribution in [0.2, 0.25) is 0 Å². The summed E-state index contributed by atoms with van der Waals surface area (Å²) in [5, 5.41) is 8.14. The van der Waals surface area contributed by atoms with Gasteiger partial charge in [0.25, 0.3) is 0 Å². The summed E-state index contributed by atoms with van der Waals surface area (Å²) >= 11 is 0. The first kappa shape index (κ1) is 13.1. The molecule has 2 aromatic rings. The summed E-state index contributed by atoms with van der Waals surface area (Å²) in [6, 6.07) is 6.85. The molecule has 3 rings (SSSR count). The molecule has 0 spiro atoms. The van der Waals surface area contributed by atoms with Crippen LogP contribution in [-0.2, 0) is 19.5 Å². The number of rotatable bonds is 3. The number of aryl methyl sites for hydroxylation is 1. The molecule has 0 saturated carbocycles. The molecule has 0 bridgehead atoms. The first-order chi connectivity index (χ1) is 9.63. The van der Waals surface area contributed by atoms with E-state index < -0.39 is 0 Å². The van der Waals surface area contributed by atoms with Crippen LogP contribution in [0.15, 0.2) is 24.5 Å². The molecule has 5 heteroatoms. The second kappa shape index (κ2) is 5.25. The zero-order valence-electron chi connectivity index (χ0n) is 12.1. The summed E-state index contributed by atoms with van der Waals surface area (Å²) in [6.45, 7) is 6.98. The lowest BCUT2D eigenvalue weighted by molar-refractivity contribution is 0.560. The van der Waals surface area contributed by atoms with Gasteiger partial charge in [0.15, 0.2) is 5.82 Å². The van der Waals surface area contributed by atoms with Crippen LogP contribution in [0.25, 0.3) is 0 Å². The molecule has 5 nitrogen and oxygen atoms in total. The highest BCUT2D eigenvalue weighted by molar-refractivity contribution is 5.51. The van der Waals surface area contributed by atoms with E-state index >= 15 is 0 Å². The summed E-state index contributed by atoms with van der Waals surface area (Å²) in [6.07, 6.45) is 2.74. The van der Waals surface area contributed by atoms with Gasteiger partial charge in [-0.2, -0.15) is 0 Å². The van der Waals surface area contributed by atoms with Gasteiger partial charge in [0.1, 0.15) is 6.33 Å². The molecule has 0 fully saturated rings. The molecule has 0 amide bonds. The quantitative estimate of drug-likeness (QED) is 0.919. The first-order valence-corrected chi connectivity index (χ1v) is 7.10. The fourth-order valence-electron chi connectivity index (χ4n) is 2.74. The predicted octanol–water partition coefficient (Wildman–Crippen LogP) is 1.50. The summed E-state index contributed by atoms with van der Waals surface area (Å²) < 4.78 is 2.12. The number of anilines is 1. The zero-order valence-corrected chi connectivity index (χ0v) is 12.1. The van der Waals surface area contributed by atoms with Crippen LogP contribution in [-0.4, -0.2) is 27.4 Å². The number of fused-ring (bicyclic) bond motifs is 1. The molecular formula is C15H21N5. The average molecular weight is 271 g/mol. The molecular weight excluding hydrogens is 250 g/mol. The smallest absolute Gasteiger partial charge is 0.152 e. The van der Waals surface area contributed by atoms with Gasteiger partial charge in [0, 0.05) is 24.8 Å². The molecule has 2 N–H and O–H groups in total. The maximum Gasteiger partial charge on any atom is 0.152 e. The minimum Gasteiger partial charge on any atom is -0.362 e. The van der Waals surface area contributed by atoms with Crippen LogP contribution in [0.3, 0.4) is 0 Å². The van der Waals surface area contributed by atoms with Crippen molar-refractivity contribution >= 4 is 5.69 Å². The summed E-state index contributed by atoms with van der Waals surface area (Å²) in [7, 11) is 0. The fraction of sp³-hybridized carbons (Fsp3) is 0.467. The van der Waals surface area contributed by atoms with Crippen LogP contribution >= 0.6 is 0 Å². The monoisotopic (exact) mass is 271 g/mol. The molecule has 0 aliphatic carbocycles. The van der Waals surface area contributed by atoms with Gasteiger partial charge in [-0.1, -0.05) is 6.07 Å². The topological polar surface area (TPSA) is 60.0 Å². The van der Waals surface area contributed by atoms with E-state index in [9.17, 15) is 0 Å². The van der Waals surface area contributed by atoms with Gasteiger partial charge < -0.3 is 15.2 Å². The van der Waals surface area contributed by atoms with Gasteiger partial charge in [-0.15, -0.1) is 10.2 Å². The lowest BCUT2D eigenvalue weighted by Crippen LogP contribution is -2.33. The highest BCUT2D eigenvalue weighted by atomic mass is 15.3. The standard InChI is InChI=1S/C15H21N5/c1-11-7-14(4-3-13(11)8-12(2)16)19-5-6-20-10-17-18-15(20)9-19/h3-4,7,10,12H,5-6,8-9,16H2,1-2H3. The third-order valence-corrected chi connectivity index (χ3v) is 3.87. The second-order valence-corrected chi connectivity index (χ2v) is 5.65. The van der Waals surface area contributed by atoms with Crippen LogP contribution in [0.4, 0.5) is 5.69 Å². The van der Waals surface area contributed by atoms with E-state index in [4.69, 9.17) is 5.73 Å². The molecule has 1 unspecified atom stereocenters. The van der Waals surface area contributed by atoms with Gasteiger partial charge in [0.2, 0.25) is 0 Å². The Morgan fingerprint density at radius 2 is 2.20 bits per heavy atom. The Balaban J connectivity index is 1.80. The normalized spacial score (nSPS) is 16.1. The van der Waals surface area contributed by atoms with Crippen molar-refractivity contribution in [3.63, 3.8) is 0 Å². The van der Waals surface area contributed by atoms with Crippen LogP contribution in [0, 0.1) is 6.92 Å². The Hall–Kier alpha value is -1.88. The van der Waals surface area contributed by atoms with Gasteiger partial charge in [-0.25, -0.2) is 0 Å². The van der Waals surface area contributed by atoms with Crippen molar-refractivity contribution in [3.05, 3.63) is 41.5 Å². The lowest BCUT2D eigenvalue weighted by Gasteiger charge is -2.29. The van der Waals surface area contributed by atoms with Gasteiger partial charge in [0.05, 0.1) is 6.54 Å². The molecule has 2 heterocycles. The highest BCUT2D eigenvalue weighted by Crippen LogP contribution is 2.23.